The van der Waals surface area contributed by atoms with Crippen LogP contribution < -0.4 is 10.6 Å². The summed E-state index contributed by atoms with van der Waals surface area (Å²) in [5.41, 5.74) is 1.96. The van der Waals surface area contributed by atoms with E-state index in [1.165, 1.54) is 25.3 Å². The Morgan fingerprint density at radius 1 is 1.00 bits per heavy atom. The molecule has 0 atom stereocenters. The van der Waals surface area contributed by atoms with Crippen LogP contribution in [0.3, 0.4) is 0 Å². The molecule has 9 heteroatoms. The van der Waals surface area contributed by atoms with E-state index in [0.717, 1.165) is 6.07 Å². The molecule has 1 aliphatic heterocycles. The Morgan fingerprint density at radius 2 is 1.72 bits per heavy atom. The number of fused-ring (bicyclic) bond motifs is 1. The number of nitrogens with zero attached hydrogens (tertiary/aromatic N) is 1. The SMILES string of the molecule is COC(=O)c1ccc2c(c1)NC(=O)C2=C(Nc1ccc(CN(C)C)c(C(F)(F)F)c1)c1ccccc1. The van der Waals surface area contributed by atoms with Crippen LogP contribution in [-0.4, -0.2) is 38.0 Å². The Balaban J connectivity index is 1.85. The summed E-state index contributed by atoms with van der Waals surface area (Å²) < 4.78 is 46.4. The van der Waals surface area contributed by atoms with Crippen LogP contribution in [0.1, 0.15) is 32.6 Å². The predicted octanol–water partition coefficient (Wildman–Crippen LogP) is 5.49. The smallest absolute Gasteiger partial charge is 0.416 e. The molecule has 3 aromatic carbocycles. The molecule has 0 bridgehead atoms. The van der Waals surface area contributed by atoms with Crippen LogP contribution in [0.2, 0.25) is 0 Å². The number of nitrogens with one attached hydrogen (secondary N) is 2. The highest BCUT2D eigenvalue weighted by molar-refractivity contribution is 6.37. The third-order valence-corrected chi connectivity index (χ3v) is 5.67. The monoisotopic (exact) mass is 495 g/mol. The lowest BCUT2D eigenvalue weighted by Crippen LogP contribution is -2.17. The second-order valence-electron chi connectivity index (χ2n) is 8.55. The molecule has 1 aliphatic rings. The number of benzene rings is 3. The van der Waals surface area contributed by atoms with E-state index in [1.807, 2.05) is 0 Å². The first kappa shape index (κ1) is 25.0. The van der Waals surface area contributed by atoms with E-state index >= 15 is 0 Å². The zero-order chi connectivity index (χ0) is 26.0. The van der Waals surface area contributed by atoms with Gasteiger partial charge in [0, 0.05) is 17.8 Å². The van der Waals surface area contributed by atoms with E-state index in [4.69, 9.17) is 4.74 Å². The van der Waals surface area contributed by atoms with Crippen LogP contribution in [0.15, 0.2) is 66.7 Å². The summed E-state index contributed by atoms with van der Waals surface area (Å²) in [5, 5.41) is 5.80. The highest BCUT2D eigenvalue weighted by Crippen LogP contribution is 2.39. The molecule has 0 saturated carbocycles. The molecule has 0 radical (unpaired) electrons. The van der Waals surface area contributed by atoms with E-state index in [9.17, 15) is 22.8 Å². The van der Waals surface area contributed by atoms with Gasteiger partial charge in [-0.25, -0.2) is 4.79 Å². The third-order valence-electron chi connectivity index (χ3n) is 5.67. The zero-order valence-corrected chi connectivity index (χ0v) is 19.9. The summed E-state index contributed by atoms with van der Waals surface area (Å²) in [6.07, 6.45) is -4.55. The molecule has 1 heterocycles. The molecule has 1 amide bonds. The van der Waals surface area contributed by atoms with Crippen molar-refractivity contribution in [2.75, 3.05) is 31.8 Å². The molecule has 0 spiro atoms. The number of hydrogen-bond donors (Lipinski definition) is 2. The van der Waals surface area contributed by atoms with Gasteiger partial charge in [-0.3, -0.25) is 4.79 Å². The van der Waals surface area contributed by atoms with Crippen LogP contribution in [0, 0.1) is 0 Å². The van der Waals surface area contributed by atoms with Crippen molar-refractivity contribution >= 4 is 34.5 Å². The maximum absolute atomic E-state index is 13.9. The molecule has 0 aliphatic carbocycles. The lowest BCUT2D eigenvalue weighted by molar-refractivity contribution is -0.138. The number of halogens is 3. The van der Waals surface area contributed by atoms with Gasteiger partial charge in [-0.05, 0) is 49.5 Å². The fourth-order valence-electron chi connectivity index (χ4n) is 4.09. The Labute approximate surface area is 206 Å². The van der Waals surface area contributed by atoms with Crippen LogP contribution >= 0.6 is 0 Å². The molecule has 4 rings (SSSR count). The average molecular weight is 496 g/mol. The number of ether oxygens (including phenoxy) is 1. The summed E-state index contributed by atoms with van der Waals surface area (Å²) in [5.74, 6) is -0.998. The maximum atomic E-state index is 13.9. The molecule has 0 aromatic heterocycles. The van der Waals surface area contributed by atoms with Crippen molar-refractivity contribution in [2.45, 2.75) is 12.7 Å². The highest BCUT2D eigenvalue weighted by Gasteiger charge is 2.34. The standard InChI is InChI=1S/C27H24F3N3O3/c1-33(2)15-18-9-11-19(14-21(18)27(28,29)30)31-24(16-7-5-4-6-8-16)23-20-12-10-17(26(35)36-3)13-22(20)32-25(23)34/h4-14,31H,15H2,1-3H3,(H,32,34). The average Bonchev–Trinajstić information content (AvgIpc) is 3.17. The molecule has 0 unspecified atom stereocenters. The Kier molecular flexibility index (Phi) is 6.85. The highest BCUT2D eigenvalue weighted by atomic mass is 19.4. The van der Waals surface area contributed by atoms with Crippen LogP contribution in [-0.2, 0) is 22.3 Å². The number of amides is 1. The summed E-state index contributed by atoms with van der Waals surface area (Å²) in [4.78, 5) is 26.7. The predicted molar refractivity (Wildman–Crippen MR) is 132 cm³/mol. The molecule has 6 nitrogen and oxygen atoms in total. The van der Waals surface area contributed by atoms with Crippen LogP contribution in [0.25, 0.3) is 11.3 Å². The van der Waals surface area contributed by atoms with Gasteiger partial charge in [-0.15, -0.1) is 0 Å². The van der Waals surface area contributed by atoms with Crippen molar-refractivity contribution in [1.82, 2.24) is 4.90 Å². The van der Waals surface area contributed by atoms with Crippen LogP contribution in [0.4, 0.5) is 24.5 Å². The van der Waals surface area contributed by atoms with Gasteiger partial charge < -0.3 is 20.3 Å². The fraction of sp³-hybridized carbons (Fsp3) is 0.185. The first-order chi connectivity index (χ1) is 17.1. The largest absolute Gasteiger partial charge is 0.465 e. The zero-order valence-electron chi connectivity index (χ0n) is 19.9. The van der Waals surface area contributed by atoms with Crippen molar-refractivity contribution in [3.8, 4) is 0 Å². The van der Waals surface area contributed by atoms with Gasteiger partial charge in [0.25, 0.3) is 5.91 Å². The minimum atomic E-state index is -4.55. The second-order valence-corrected chi connectivity index (χ2v) is 8.55. The molecule has 36 heavy (non-hydrogen) atoms. The topological polar surface area (TPSA) is 70.7 Å². The van der Waals surface area contributed by atoms with Gasteiger partial charge in [0.1, 0.15) is 0 Å². The molecule has 186 valence electrons. The van der Waals surface area contributed by atoms with Crippen molar-refractivity contribution in [1.29, 1.82) is 0 Å². The number of rotatable bonds is 6. The summed E-state index contributed by atoms with van der Waals surface area (Å²) >= 11 is 0. The van der Waals surface area contributed by atoms with E-state index in [2.05, 4.69) is 10.6 Å². The van der Waals surface area contributed by atoms with Crippen molar-refractivity contribution in [3.05, 3.63) is 94.5 Å². The Hall–Kier alpha value is -4.11. The first-order valence-electron chi connectivity index (χ1n) is 11.0. The van der Waals surface area contributed by atoms with Crippen molar-refractivity contribution in [2.24, 2.45) is 0 Å². The van der Waals surface area contributed by atoms with E-state index in [1.54, 1.807) is 61.5 Å². The van der Waals surface area contributed by atoms with E-state index < -0.39 is 23.6 Å². The van der Waals surface area contributed by atoms with Crippen LogP contribution in [0.5, 0.6) is 0 Å². The van der Waals surface area contributed by atoms with Gasteiger partial charge in [-0.2, -0.15) is 13.2 Å². The second kappa shape index (κ2) is 9.87. The molecular formula is C27H24F3N3O3. The molecule has 0 fully saturated rings. The fourth-order valence-corrected chi connectivity index (χ4v) is 4.09. The quantitative estimate of drug-likeness (QED) is 0.350. The molecule has 0 saturated heterocycles. The minimum Gasteiger partial charge on any atom is -0.465 e. The first-order valence-corrected chi connectivity index (χ1v) is 11.0. The molecular weight excluding hydrogens is 471 g/mol. The number of carbonyl (C=O) groups excluding carboxylic acids is 2. The molecule has 3 aromatic rings. The Morgan fingerprint density at radius 3 is 2.36 bits per heavy atom. The van der Waals surface area contributed by atoms with E-state index in [0.29, 0.717) is 22.5 Å². The molecule has 2 N–H and O–H groups in total. The van der Waals surface area contributed by atoms with E-state index in [-0.39, 0.29) is 28.9 Å². The van der Waals surface area contributed by atoms with Gasteiger partial charge in [-0.1, -0.05) is 42.5 Å². The van der Waals surface area contributed by atoms with Gasteiger partial charge in [0.15, 0.2) is 0 Å². The number of anilines is 2. The van der Waals surface area contributed by atoms with Crippen molar-refractivity contribution < 1.29 is 27.5 Å². The maximum Gasteiger partial charge on any atom is 0.416 e. The Bertz CT molecular complexity index is 1350. The minimum absolute atomic E-state index is 0.125. The van der Waals surface area contributed by atoms with Gasteiger partial charge >= 0.3 is 12.1 Å². The summed E-state index contributed by atoms with van der Waals surface area (Å²) in [6.45, 7) is 0.125. The number of hydrogen-bond acceptors (Lipinski definition) is 5. The van der Waals surface area contributed by atoms with Gasteiger partial charge in [0.2, 0.25) is 0 Å². The number of methoxy groups -OCH3 is 1. The lowest BCUT2D eigenvalue weighted by Gasteiger charge is -2.19. The number of carbonyl (C=O) groups is 2. The number of alkyl halides is 3. The summed E-state index contributed by atoms with van der Waals surface area (Å²) in [7, 11) is 4.66. The number of esters is 1. The normalized spacial score (nSPS) is 14.4. The van der Waals surface area contributed by atoms with Gasteiger partial charge in [0.05, 0.1) is 35.2 Å². The lowest BCUT2D eigenvalue weighted by atomic mass is 9.98. The van der Waals surface area contributed by atoms with Crippen molar-refractivity contribution in [3.63, 3.8) is 0 Å². The summed E-state index contributed by atoms with van der Waals surface area (Å²) in [6, 6.07) is 17.6. The third kappa shape index (κ3) is 5.11.